The van der Waals surface area contributed by atoms with E-state index in [2.05, 4.69) is 88.0 Å². The highest BCUT2D eigenvalue weighted by Crippen LogP contribution is 2.44. The SMILES string of the molecule is Fc1ccccc1-c1cc(-n2c3ccccc3c3ccc4c5ccccc5n(-c5nc(-c6ccccc6)nc(-c6ccccc6)n5)c4c32)cc2c1oc1ccccc12. The van der Waals surface area contributed by atoms with E-state index < -0.39 is 0 Å². The maximum absolute atomic E-state index is 15.8. The van der Waals surface area contributed by atoms with Crippen molar-refractivity contribution in [2.75, 3.05) is 0 Å². The van der Waals surface area contributed by atoms with Crippen molar-refractivity contribution in [1.29, 1.82) is 0 Å². The molecule has 0 aliphatic heterocycles. The lowest BCUT2D eigenvalue weighted by atomic mass is 10.0. The monoisotopic (exact) mass is 747 g/mol. The summed E-state index contributed by atoms with van der Waals surface area (Å²) in [6.45, 7) is 0. The molecule has 0 radical (unpaired) electrons. The Hall–Kier alpha value is -7.90. The minimum atomic E-state index is -0.315. The second kappa shape index (κ2) is 12.6. The third-order valence-corrected chi connectivity index (χ3v) is 11.2. The van der Waals surface area contributed by atoms with Crippen molar-refractivity contribution in [2.45, 2.75) is 0 Å². The highest BCUT2D eigenvalue weighted by atomic mass is 19.1. The Morgan fingerprint density at radius 3 is 1.60 bits per heavy atom. The third kappa shape index (κ3) is 4.80. The molecule has 58 heavy (non-hydrogen) atoms. The summed E-state index contributed by atoms with van der Waals surface area (Å²) in [5, 5.41) is 6.15. The van der Waals surface area contributed by atoms with Crippen molar-refractivity contribution < 1.29 is 8.81 Å². The number of aromatic nitrogens is 5. The summed E-state index contributed by atoms with van der Waals surface area (Å²) in [5.74, 6) is 1.35. The van der Waals surface area contributed by atoms with Crippen LogP contribution in [0.1, 0.15) is 0 Å². The third-order valence-electron chi connectivity index (χ3n) is 11.2. The number of benzene rings is 8. The fourth-order valence-corrected chi connectivity index (χ4v) is 8.69. The predicted molar refractivity (Wildman–Crippen MR) is 232 cm³/mol. The number of fused-ring (bicyclic) bond motifs is 10. The summed E-state index contributed by atoms with van der Waals surface area (Å²) in [6, 6.07) is 60.5. The van der Waals surface area contributed by atoms with Gasteiger partial charge in [0.15, 0.2) is 11.6 Å². The van der Waals surface area contributed by atoms with Gasteiger partial charge in [-0.2, -0.15) is 9.97 Å². The fourth-order valence-electron chi connectivity index (χ4n) is 8.69. The van der Waals surface area contributed by atoms with E-state index in [1.807, 2.05) is 91.0 Å². The van der Waals surface area contributed by atoms with Gasteiger partial charge in [-0.15, -0.1) is 0 Å². The van der Waals surface area contributed by atoms with E-state index in [9.17, 15) is 0 Å². The molecule has 0 spiro atoms. The van der Waals surface area contributed by atoms with Crippen LogP contribution in [0.5, 0.6) is 0 Å². The summed E-state index contributed by atoms with van der Waals surface area (Å²) in [5.41, 5.74) is 9.10. The Bertz CT molecular complexity index is 3530. The Morgan fingerprint density at radius 1 is 0.414 bits per heavy atom. The molecule has 272 valence electrons. The maximum Gasteiger partial charge on any atom is 0.238 e. The Labute approximate surface area is 330 Å². The number of hydrogen-bond donors (Lipinski definition) is 0. The Kier molecular flexibility index (Phi) is 7.01. The maximum atomic E-state index is 15.8. The molecule has 0 bridgehead atoms. The van der Waals surface area contributed by atoms with E-state index in [1.165, 1.54) is 6.07 Å². The molecule has 12 rings (SSSR count). The molecule has 0 amide bonds. The van der Waals surface area contributed by atoms with Gasteiger partial charge in [0, 0.05) is 60.3 Å². The molecule has 4 heterocycles. The molecule has 0 aliphatic carbocycles. The lowest BCUT2D eigenvalue weighted by Gasteiger charge is -2.14. The zero-order valence-corrected chi connectivity index (χ0v) is 30.8. The summed E-state index contributed by atoms with van der Waals surface area (Å²) in [7, 11) is 0. The van der Waals surface area contributed by atoms with Gasteiger partial charge < -0.3 is 8.98 Å². The average molecular weight is 748 g/mol. The van der Waals surface area contributed by atoms with E-state index in [0.29, 0.717) is 34.3 Å². The summed E-state index contributed by atoms with van der Waals surface area (Å²) in [4.78, 5) is 15.5. The average Bonchev–Trinajstić information content (AvgIpc) is 3.95. The standard InChI is InChI=1S/C51H30FN5O/c52-42-23-11-7-19-34(42)40-29-33(30-41-37-22-10-14-26-45(37)58-48(40)41)56-43-24-12-8-20-35(43)38-27-28-39-36-21-9-13-25-44(36)57(47(39)46(38)56)51-54-49(31-15-3-1-4-16-31)53-50(55-51)32-17-5-2-6-18-32/h1-30H. The number of rotatable bonds is 5. The van der Waals surface area contributed by atoms with Crippen LogP contribution in [0.25, 0.3) is 111 Å². The van der Waals surface area contributed by atoms with E-state index in [1.54, 1.807) is 6.07 Å². The first kappa shape index (κ1) is 32.4. The van der Waals surface area contributed by atoms with Gasteiger partial charge in [-0.05, 0) is 36.4 Å². The van der Waals surface area contributed by atoms with E-state index in [0.717, 1.165) is 76.8 Å². The molecule has 0 saturated carbocycles. The normalized spacial score (nSPS) is 11.9. The van der Waals surface area contributed by atoms with Gasteiger partial charge >= 0.3 is 0 Å². The van der Waals surface area contributed by atoms with Crippen LogP contribution >= 0.6 is 0 Å². The molecular weight excluding hydrogens is 718 g/mol. The van der Waals surface area contributed by atoms with Crippen molar-refractivity contribution in [3.63, 3.8) is 0 Å². The van der Waals surface area contributed by atoms with Crippen LogP contribution in [0.15, 0.2) is 186 Å². The van der Waals surface area contributed by atoms with Crippen molar-refractivity contribution in [1.82, 2.24) is 24.1 Å². The lowest BCUT2D eigenvalue weighted by Crippen LogP contribution is -2.07. The Morgan fingerprint density at radius 2 is 0.948 bits per heavy atom. The van der Waals surface area contributed by atoms with Gasteiger partial charge in [0.05, 0.1) is 22.1 Å². The first-order valence-electron chi connectivity index (χ1n) is 19.2. The number of furan rings is 1. The molecular formula is C51H30FN5O. The molecule has 0 unspecified atom stereocenters. The van der Waals surface area contributed by atoms with Crippen molar-refractivity contribution in [3.05, 3.63) is 188 Å². The summed E-state index contributed by atoms with van der Waals surface area (Å²) < 4.78 is 26.9. The second-order valence-electron chi connectivity index (χ2n) is 14.5. The summed E-state index contributed by atoms with van der Waals surface area (Å²) >= 11 is 0. The van der Waals surface area contributed by atoms with Crippen LogP contribution in [-0.2, 0) is 0 Å². The molecule has 8 aromatic carbocycles. The number of para-hydroxylation sites is 3. The van der Waals surface area contributed by atoms with Crippen LogP contribution < -0.4 is 0 Å². The first-order chi connectivity index (χ1) is 28.7. The van der Waals surface area contributed by atoms with Gasteiger partial charge in [0.25, 0.3) is 0 Å². The van der Waals surface area contributed by atoms with Crippen LogP contribution in [0.4, 0.5) is 4.39 Å². The van der Waals surface area contributed by atoms with Crippen LogP contribution in [0.3, 0.4) is 0 Å². The largest absolute Gasteiger partial charge is 0.455 e. The molecule has 4 aromatic heterocycles. The van der Waals surface area contributed by atoms with Crippen LogP contribution in [-0.4, -0.2) is 24.1 Å². The molecule has 0 fully saturated rings. The van der Waals surface area contributed by atoms with E-state index >= 15 is 4.39 Å². The number of nitrogens with zero attached hydrogens (tertiary/aromatic N) is 5. The summed E-state index contributed by atoms with van der Waals surface area (Å²) in [6.07, 6.45) is 0. The van der Waals surface area contributed by atoms with E-state index in [-0.39, 0.29) is 5.82 Å². The highest BCUT2D eigenvalue weighted by Gasteiger charge is 2.25. The second-order valence-corrected chi connectivity index (χ2v) is 14.5. The molecule has 7 heteroatoms. The van der Waals surface area contributed by atoms with Crippen LogP contribution in [0.2, 0.25) is 0 Å². The lowest BCUT2D eigenvalue weighted by molar-refractivity contribution is 0.629. The van der Waals surface area contributed by atoms with Crippen molar-refractivity contribution >= 4 is 65.6 Å². The zero-order valence-electron chi connectivity index (χ0n) is 30.8. The smallest absolute Gasteiger partial charge is 0.238 e. The topological polar surface area (TPSA) is 61.7 Å². The van der Waals surface area contributed by atoms with Gasteiger partial charge in [-0.1, -0.05) is 146 Å². The minimum absolute atomic E-state index is 0.315. The molecule has 0 atom stereocenters. The van der Waals surface area contributed by atoms with Gasteiger partial charge in [-0.25, -0.2) is 9.37 Å². The van der Waals surface area contributed by atoms with Gasteiger partial charge in [0.2, 0.25) is 5.95 Å². The molecule has 12 aromatic rings. The molecule has 0 N–H and O–H groups in total. The van der Waals surface area contributed by atoms with Crippen molar-refractivity contribution in [3.8, 4) is 45.5 Å². The van der Waals surface area contributed by atoms with Crippen LogP contribution in [0, 0.1) is 5.82 Å². The minimum Gasteiger partial charge on any atom is -0.455 e. The molecule has 0 saturated heterocycles. The number of hydrogen-bond acceptors (Lipinski definition) is 4. The highest BCUT2D eigenvalue weighted by molar-refractivity contribution is 6.24. The van der Waals surface area contributed by atoms with E-state index in [4.69, 9.17) is 19.4 Å². The van der Waals surface area contributed by atoms with Crippen molar-refractivity contribution in [2.24, 2.45) is 0 Å². The van der Waals surface area contributed by atoms with Gasteiger partial charge in [-0.3, -0.25) is 4.57 Å². The first-order valence-corrected chi connectivity index (χ1v) is 19.2. The van der Waals surface area contributed by atoms with Gasteiger partial charge in [0.1, 0.15) is 17.0 Å². The molecule has 6 nitrogen and oxygen atoms in total. The Balaban J connectivity index is 1.25. The quantitative estimate of drug-likeness (QED) is 0.176. The number of halogens is 1. The predicted octanol–water partition coefficient (Wildman–Crippen LogP) is 13.1. The fraction of sp³-hybridized carbons (Fsp3) is 0. The molecule has 0 aliphatic rings. The zero-order chi connectivity index (χ0) is 38.3.